The van der Waals surface area contributed by atoms with Crippen molar-refractivity contribution in [2.75, 3.05) is 9.80 Å². The molecule has 0 radical (unpaired) electrons. The number of benzene rings is 8. The van der Waals surface area contributed by atoms with Gasteiger partial charge in [0.1, 0.15) is 0 Å². The van der Waals surface area contributed by atoms with Gasteiger partial charge >= 0.3 is 0 Å². The van der Waals surface area contributed by atoms with Crippen molar-refractivity contribution >= 4 is 56.1 Å². The zero-order valence-electron chi connectivity index (χ0n) is 37.1. The molecule has 0 N–H and O–H groups in total. The molecule has 11 aromatic rings. The summed E-state index contributed by atoms with van der Waals surface area (Å²) < 4.78 is 2.28. The molecule has 0 bridgehead atoms. The van der Waals surface area contributed by atoms with Crippen LogP contribution < -0.4 is 9.80 Å². The summed E-state index contributed by atoms with van der Waals surface area (Å²) in [4.78, 5) is 14.5. The first-order valence-electron chi connectivity index (χ1n) is 23.1. The van der Waals surface area contributed by atoms with Crippen LogP contribution in [0, 0.1) is 13.8 Å². The van der Waals surface area contributed by atoms with Crippen LogP contribution in [0.2, 0.25) is 0 Å². The van der Waals surface area contributed by atoms with E-state index >= 15 is 0 Å². The topological polar surface area (TPSA) is 37.2 Å². The third kappa shape index (κ3) is 4.92. The van der Waals surface area contributed by atoms with Crippen LogP contribution in [0.3, 0.4) is 0 Å². The van der Waals surface area contributed by atoms with E-state index < -0.39 is 10.8 Å². The molecule has 0 saturated heterocycles. The van der Waals surface area contributed by atoms with E-state index in [4.69, 9.17) is 4.98 Å². The second kappa shape index (κ2) is 14.0. The highest BCUT2D eigenvalue weighted by molar-refractivity contribution is 6.09. The van der Waals surface area contributed by atoms with E-state index in [1.807, 2.05) is 30.7 Å². The standard InChI is InChI=1S/C62H43N5/c1-40-28-31-57-52(36-40)62(53-37-41(2)29-32-58(53)66(57)43-30-33-54-45(38-43)60-59(27-15-35-64-60)67(54)44-18-14-34-63-39-44)48-21-8-6-19-46(48)61(47-20-7-9-22-49(47)62)50-23-10-12-25-55(50)65(42-16-4-3-5-17-42)56-26-13-11-24-51(56)61/h3-39H,1-2H3. The molecule has 0 unspecified atom stereocenters. The molecular formula is C62H43N5. The second-order valence-corrected chi connectivity index (χ2v) is 18.3. The molecule has 0 atom stereocenters. The maximum atomic E-state index is 5.00. The molecule has 5 nitrogen and oxygen atoms in total. The number of nitrogens with zero attached hydrogens (tertiary/aromatic N) is 5. The van der Waals surface area contributed by atoms with Crippen molar-refractivity contribution in [3.05, 3.63) is 280 Å². The predicted molar refractivity (Wildman–Crippen MR) is 273 cm³/mol. The maximum absolute atomic E-state index is 5.00. The molecule has 3 aromatic heterocycles. The van der Waals surface area contributed by atoms with Crippen LogP contribution in [0.25, 0.3) is 27.6 Å². The molecule has 5 heterocycles. The molecule has 5 heteroatoms. The van der Waals surface area contributed by atoms with Crippen molar-refractivity contribution in [1.29, 1.82) is 0 Å². The summed E-state index contributed by atoms with van der Waals surface area (Å²) in [7, 11) is 0. The van der Waals surface area contributed by atoms with Gasteiger partial charge in [0.05, 0.1) is 62.0 Å². The first kappa shape index (κ1) is 37.8. The lowest BCUT2D eigenvalue weighted by Crippen LogP contribution is -2.49. The molecule has 67 heavy (non-hydrogen) atoms. The summed E-state index contributed by atoms with van der Waals surface area (Å²) in [6.07, 6.45) is 5.65. The average Bonchev–Trinajstić information content (AvgIpc) is 3.71. The van der Waals surface area contributed by atoms with Gasteiger partial charge in [0, 0.05) is 29.2 Å². The van der Waals surface area contributed by atoms with Crippen molar-refractivity contribution < 1.29 is 0 Å². The Morgan fingerprint density at radius 2 is 0.851 bits per heavy atom. The molecule has 2 aliphatic heterocycles. The normalized spacial score (nSPS) is 14.6. The summed E-state index contributed by atoms with van der Waals surface area (Å²) in [5.41, 5.74) is 22.4. The number of aromatic nitrogens is 3. The fourth-order valence-electron chi connectivity index (χ4n) is 12.4. The quantitative estimate of drug-likeness (QED) is 0.177. The Morgan fingerprint density at radius 3 is 1.43 bits per heavy atom. The summed E-state index contributed by atoms with van der Waals surface area (Å²) in [5, 5.41) is 1.09. The van der Waals surface area contributed by atoms with E-state index in [1.165, 1.54) is 67.0 Å². The number of fused-ring (bicyclic) bond motifs is 17. The van der Waals surface area contributed by atoms with Gasteiger partial charge in [-0.3, -0.25) is 9.97 Å². The average molecular weight is 858 g/mol. The van der Waals surface area contributed by atoms with Gasteiger partial charge in [-0.2, -0.15) is 0 Å². The molecule has 0 fully saturated rings. The van der Waals surface area contributed by atoms with Gasteiger partial charge in [0.25, 0.3) is 0 Å². The van der Waals surface area contributed by atoms with Gasteiger partial charge in [0.2, 0.25) is 0 Å². The highest BCUT2D eigenvalue weighted by Gasteiger charge is 2.59. The fraction of sp³-hybridized carbons (Fsp3) is 0.0645. The van der Waals surface area contributed by atoms with Crippen LogP contribution >= 0.6 is 0 Å². The van der Waals surface area contributed by atoms with Crippen molar-refractivity contribution in [2.45, 2.75) is 24.7 Å². The van der Waals surface area contributed by atoms with E-state index in [9.17, 15) is 0 Å². The van der Waals surface area contributed by atoms with Gasteiger partial charge in [-0.15, -0.1) is 0 Å². The van der Waals surface area contributed by atoms with Gasteiger partial charge in [0.15, 0.2) is 0 Å². The van der Waals surface area contributed by atoms with E-state index in [2.05, 4.69) is 227 Å². The highest BCUT2D eigenvalue weighted by atomic mass is 15.2. The molecule has 14 rings (SSSR count). The lowest BCUT2D eigenvalue weighted by molar-refractivity contribution is 0.607. The van der Waals surface area contributed by atoms with E-state index in [0.29, 0.717) is 0 Å². The van der Waals surface area contributed by atoms with E-state index in [-0.39, 0.29) is 0 Å². The Labute approximate surface area is 389 Å². The Hall–Kier alpha value is -8.54. The predicted octanol–water partition coefficient (Wildman–Crippen LogP) is 14.8. The van der Waals surface area contributed by atoms with Crippen LogP contribution in [-0.4, -0.2) is 14.5 Å². The first-order chi connectivity index (χ1) is 33.1. The number of hydrogen-bond acceptors (Lipinski definition) is 4. The van der Waals surface area contributed by atoms with Crippen molar-refractivity contribution in [3.8, 4) is 5.69 Å². The SMILES string of the molecule is Cc1ccc2c(c1)C1(c3cc(C)ccc3N2c2ccc3c(c2)c2ncccc2n3-c2cccnc2)c2ccccc2C2(c3ccccc3N(c3ccccc3)c3ccccc32)c2ccccc21. The zero-order chi connectivity index (χ0) is 44.4. The van der Waals surface area contributed by atoms with Crippen molar-refractivity contribution in [2.24, 2.45) is 0 Å². The van der Waals surface area contributed by atoms with Gasteiger partial charge in [-0.1, -0.05) is 139 Å². The molecule has 3 aliphatic rings. The fourth-order valence-corrected chi connectivity index (χ4v) is 12.4. The Kier molecular flexibility index (Phi) is 7.89. The lowest BCUT2D eigenvalue weighted by atomic mass is 9.49. The Bertz CT molecular complexity index is 3660. The van der Waals surface area contributed by atoms with Crippen molar-refractivity contribution in [1.82, 2.24) is 14.5 Å². The number of pyridine rings is 2. The first-order valence-corrected chi connectivity index (χ1v) is 23.1. The summed E-state index contributed by atoms with van der Waals surface area (Å²) in [6.45, 7) is 4.48. The minimum absolute atomic E-state index is 0.636. The molecule has 316 valence electrons. The molecular weight excluding hydrogens is 815 g/mol. The zero-order valence-corrected chi connectivity index (χ0v) is 37.1. The smallest absolute Gasteiger partial charge is 0.0964 e. The van der Waals surface area contributed by atoms with Gasteiger partial charge < -0.3 is 14.4 Å². The Balaban J connectivity index is 1.08. The third-order valence-corrected chi connectivity index (χ3v) is 14.8. The van der Waals surface area contributed by atoms with E-state index in [0.717, 1.165) is 50.4 Å². The third-order valence-electron chi connectivity index (χ3n) is 14.8. The number of hydrogen-bond donors (Lipinski definition) is 0. The number of aryl methyl sites for hydroxylation is 2. The molecule has 8 aromatic carbocycles. The van der Waals surface area contributed by atoms with Crippen LogP contribution in [-0.2, 0) is 10.8 Å². The Morgan fingerprint density at radius 1 is 0.358 bits per heavy atom. The monoisotopic (exact) mass is 857 g/mol. The number of rotatable bonds is 3. The number of para-hydroxylation sites is 3. The molecule has 1 aliphatic carbocycles. The summed E-state index contributed by atoms with van der Waals surface area (Å²) in [6, 6.07) is 77.1. The maximum Gasteiger partial charge on any atom is 0.0964 e. The second-order valence-electron chi connectivity index (χ2n) is 18.3. The van der Waals surface area contributed by atoms with Gasteiger partial charge in [-0.25, -0.2) is 0 Å². The van der Waals surface area contributed by atoms with Crippen LogP contribution in [0.4, 0.5) is 34.1 Å². The molecule has 0 saturated carbocycles. The largest absolute Gasteiger partial charge is 0.310 e. The lowest BCUT2D eigenvalue weighted by Gasteiger charge is -2.56. The van der Waals surface area contributed by atoms with Crippen molar-refractivity contribution in [3.63, 3.8) is 0 Å². The summed E-state index contributed by atoms with van der Waals surface area (Å²) >= 11 is 0. The highest BCUT2D eigenvalue weighted by Crippen LogP contribution is 2.68. The minimum Gasteiger partial charge on any atom is -0.310 e. The minimum atomic E-state index is -0.680. The molecule has 2 spiro atoms. The van der Waals surface area contributed by atoms with Gasteiger partial charge in [-0.05, 0) is 137 Å². The summed E-state index contributed by atoms with van der Waals surface area (Å²) in [5.74, 6) is 0. The van der Waals surface area contributed by atoms with Crippen LogP contribution in [0.15, 0.2) is 225 Å². The van der Waals surface area contributed by atoms with E-state index in [1.54, 1.807) is 0 Å². The van der Waals surface area contributed by atoms with Crippen LogP contribution in [0.1, 0.15) is 55.6 Å². The van der Waals surface area contributed by atoms with Crippen LogP contribution in [0.5, 0.6) is 0 Å². The number of anilines is 6. The molecule has 0 amide bonds.